The van der Waals surface area contributed by atoms with E-state index in [0.29, 0.717) is 18.9 Å². The molecule has 100 valence electrons. The zero-order valence-electron chi connectivity index (χ0n) is 11.0. The number of carboxylic acid groups (broad SMARTS) is 1. The van der Waals surface area contributed by atoms with E-state index in [-0.39, 0.29) is 18.5 Å². The van der Waals surface area contributed by atoms with Gasteiger partial charge < -0.3 is 15.7 Å². The second-order valence-electron chi connectivity index (χ2n) is 4.54. The maximum absolute atomic E-state index is 11.3. The highest BCUT2D eigenvalue weighted by molar-refractivity contribution is 5.74. The minimum Gasteiger partial charge on any atom is -0.481 e. The van der Waals surface area contributed by atoms with E-state index in [4.69, 9.17) is 5.11 Å². The van der Waals surface area contributed by atoms with Gasteiger partial charge in [-0.15, -0.1) is 0 Å². The molecule has 0 aromatic rings. The molecule has 0 saturated heterocycles. The number of amides is 2. The summed E-state index contributed by atoms with van der Waals surface area (Å²) in [7, 11) is 0. The summed E-state index contributed by atoms with van der Waals surface area (Å²) in [5.74, 6) is -0.450. The number of hydrogen-bond donors (Lipinski definition) is 3. The summed E-state index contributed by atoms with van der Waals surface area (Å²) in [5, 5.41) is 14.1. The number of nitrogens with one attached hydrogen (secondary N) is 2. The lowest BCUT2D eigenvalue weighted by Gasteiger charge is -2.14. The first-order chi connectivity index (χ1) is 7.95. The number of hydrogen-bond acceptors (Lipinski definition) is 2. The van der Waals surface area contributed by atoms with Crippen LogP contribution < -0.4 is 10.6 Å². The van der Waals surface area contributed by atoms with Gasteiger partial charge in [0.05, 0.1) is 0 Å². The molecule has 0 saturated carbocycles. The molecule has 5 heteroatoms. The third kappa shape index (κ3) is 9.66. The molecule has 0 aliphatic rings. The fourth-order valence-corrected chi connectivity index (χ4v) is 1.32. The summed E-state index contributed by atoms with van der Waals surface area (Å²) in [4.78, 5) is 21.7. The third-order valence-corrected chi connectivity index (χ3v) is 2.76. The van der Waals surface area contributed by atoms with Crippen molar-refractivity contribution in [3.05, 3.63) is 0 Å². The zero-order valence-corrected chi connectivity index (χ0v) is 11.0. The largest absolute Gasteiger partial charge is 0.481 e. The van der Waals surface area contributed by atoms with Gasteiger partial charge in [-0.25, -0.2) is 4.79 Å². The second-order valence-corrected chi connectivity index (χ2v) is 4.54. The van der Waals surface area contributed by atoms with E-state index in [2.05, 4.69) is 10.6 Å². The van der Waals surface area contributed by atoms with Crippen molar-refractivity contribution in [2.24, 2.45) is 5.92 Å². The fraction of sp³-hybridized carbons (Fsp3) is 0.833. The first-order valence-corrected chi connectivity index (χ1v) is 6.21. The fourth-order valence-electron chi connectivity index (χ4n) is 1.32. The summed E-state index contributed by atoms with van der Waals surface area (Å²) >= 11 is 0. The van der Waals surface area contributed by atoms with Crippen LogP contribution in [0.2, 0.25) is 0 Å². The molecule has 17 heavy (non-hydrogen) atoms. The van der Waals surface area contributed by atoms with Crippen LogP contribution in [-0.2, 0) is 4.79 Å². The van der Waals surface area contributed by atoms with Gasteiger partial charge >= 0.3 is 12.0 Å². The molecule has 2 unspecified atom stereocenters. The van der Waals surface area contributed by atoms with Crippen molar-refractivity contribution < 1.29 is 14.7 Å². The predicted octanol–water partition coefficient (Wildman–Crippen LogP) is 1.98. The van der Waals surface area contributed by atoms with E-state index < -0.39 is 5.97 Å². The van der Waals surface area contributed by atoms with Crippen LogP contribution in [0.5, 0.6) is 0 Å². The van der Waals surface area contributed by atoms with Gasteiger partial charge in [0.15, 0.2) is 0 Å². The minimum absolute atomic E-state index is 0.148. The first-order valence-electron chi connectivity index (χ1n) is 6.21. The normalized spacial score (nSPS) is 13.8. The highest BCUT2D eigenvalue weighted by atomic mass is 16.4. The second kappa shape index (κ2) is 8.84. The molecule has 5 nitrogen and oxygen atoms in total. The summed E-state index contributed by atoms with van der Waals surface area (Å²) in [6, 6.07) is 0.0317. The van der Waals surface area contributed by atoms with Crippen LogP contribution in [0.15, 0.2) is 0 Å². The van der Waals surface area contributed by atoms with Crippen LogP contribution in [0.4, 0.5) is 4.79 Å². The molecule has 0 fully saturated rings. The van der Waals surface area contributed by atoms with Crippen molar-refractivity contribution in [3.63, 3.8) is 0 Å². The lowest BCUT2D eigenvalue weighted by molar-refractivity contribution is -0.137. The Labute approximate surface area is 103 Å². The minimum atomic E-state index is -0.765. The average molecular weight is 244 g/mol. The van der Waals surface area contributed by atoms with E-state index >= 15 is 0 Å². The van der Waals surface area contributed by atoms with Crippen LogP contribution in [0, 0.1) is 5.92 Å². The van der Waals surface area contributed by atoms with Crippen LogP contribution >= 0.6 is 0 Å². The predicted molar refractivity (Wildman–Crippen MR) is 66.9 cm³/mol. The summed E-state index contributed by atoms with van der Waals surface area (Å²) in [5.41, 5.74) is 0. The monoisotopic (exact) mass is 244 g/mol. The van der Waals surface area contributed by atoms with E-state index in [1.807, 2.05) is 20.8 Å². The maximum Gasteiger partial charge on any atom is 0.314 e. The van der Waals surface area contributed by atoms with Gasteiger partial charge in [0.2, 0.25) is 0 Å². The van der Waals surface area contributed by atoms with Crippen molar-refractivity contribution in [1.82, 2.24) is 10.6 Å². The van der Waals surface area contributed by atoms with Crippen molar-refractivity contribution in [2.45, 2.75) is 52.5 Å². The molecule has 3 N–H and O–H groups in total. The summed E-state index contributed by atoms with van der Waals surface area (Å²) in [6.45, 7) is 6.55. The standard InChI is InChI=1S/C12H24N2O3/c1-4-10(3)14-12(17)13-8-7-9(2)5-6-11(15)16/h9-10H,4-8H2,1-3H3,(H,15,16)(H2,13,14,17). The molecule has 0 radical (unpaired) electrons. The highest BCUT2D eigenvalue weighted by Gasteiger charge is 2.07. The van der Waals surface area contributed by atoms with Crippen LogP contribution in [0.1, 0.15) is 46.5 Å². The Morgan fingerprint density at radius 3 is 2.41 bits per heavy atom. The molecule has 0 bridgehead atoms. The van der Waals surface area contributed by atoms with Gasteiger partial charge in [-0.05, 0) is 32.1 Å². The molecule has 0 aliphatic heterocycles. The molecule has 2 amide bonds. The first kappa shape index (κ1) is 15.7. The number of aliphatic carboxylic acids is 1. The number of urea groups is 1. The van der Waals surface area contributed by atoms with Crippen molar-refractivity contribution in [1.29, 1.82) is 0 Å². The topological polar surface area (TPSA) is 78.4 Å². The molecule has 0 spiro atoms. The number of rotatable bonds is 8. The molecule has 0 aromatic carbocycles. The average Bonchev–Trinajstić information content (AvgIpc) is 2.26. The van der Waals surface area contributed by atoms with Crippen LogP contribution in [0.25, 0.3) is 0 Å². The third-order valence-electron chi connectivity index (χ3n) is 2.76. The quantitative estimate of drug-likeness (QED) is 0.611. The van der Waals surface area contributed by atoms with Crippen LogP contribution in [-0.4, -0.2) is 29.7 Å². The Kier molecular flexibility index (Phi) is 8.19. The Morgan fingerprint density at radius 2 is 1.88 bits per heavy atom. The van der Waals surface area contributed by atoms with E-state index in [0.717, 1.165) is 12.8 Å². The Hall–Kier alpha value is -1.26. The van der Waals surface area contributed by atoms with Crippen molar-refractivity contribution in [2.75, 3.05) is 6.54 Å². The molecule has 0 rings (SSSR count). The van der Waals surface area contributed by atoms with Crippen molar-refractivity contribution in [3.8, 4) is 0 Å². The van der Waals surface area contributed by atoms with Gasteiger partial charge in [-0.2, -0.15) is 0 Å². The number of carboxylic acids is 1. The molecular weight excluding hydrogens is 220 g/mol. The van der Waals surface area contributed by atoms with Gasteiger partial charge in [-0.3, -0.25) is 4.79 Å². The highest BCUT2D eigenvalue weighted by Crippen LogP contribution is 2.08. The molecule has 2 atom stereocenters. The van der Waals surface area contributed by atoms with Gasteiger partial charge in [0.1, 0.15) is 0 Å². The Morgan fingerprint density at radius 1 is 1.24 bits per heavy atom. The number of carbonyl (C=O) groups excluding carboxylic acids is 1. The summed E-state index contributed by atoms with van der Waals surface area (Å²) in [6.07, 6.45) is 2.56. The van der Waals surface area contributed by atoms with E-state index in [1.54, 1.807) is 0 Å². The van der Waals surface area contributed by atoms with E-state index in [1.165, 1.54) is 0 Å². The van der Waals surface area contributed by atoms with E-state index in [9.17, 15) is 9.59 Å². The number of carbonyl (C=O) groups is 2. The molecule has 0 aromatic heterocycles. The molecule has 0 aliphatic carbocycles. The molecular formula is C12H24N2O3. The lowest BCUT2D eigenvalue weighted by atomic mass is 10.0. The Bertz CT molecular complexity index is 244. The maximum atomic E-state index is 11.3. The SMILES string of the molecule is CCC(C)NC(=O)NCCC(C)CCC(=O)O. The zero-order chi connectivity index (χ0) is 13.3. The van der Waals surface area contributed by atoms with Gasteiger partial charge in [0.25, 0.3) is 0 Å². The van der Waals surface area contributed by atoms with Crippen LogP contribution in [0.3, 0.4) is 0 Å². The lowest BCUT2D eigenvalue weighted by Crippen LogP contribution is -2.41. The van der Waals surface area contributed by atoms with Gasteiger partial charge in [-0.1, -0.05) is 13.8 Å². The summed E-state index contributed by atoms with van der Waals surface area (Å²) < 4.78 is 0. The smallest absolute Gasteiger partial charge is 0.314 e. The Balaban J connectivity index is 3.55. The van der Waals surface area contributed by atoms with Gasteiger partial charge in [0, 0.05) is 19.0 Å². The molecule has 0 heterocycles. The van der Waals surface area contributed by atoms with Crippen molar-refractivity contribution >= 4 is 12.0 Å².